The molecule has 6 nitrogen and oxygen atoms in total. The normalized spacial score (nSPS) is 12.3. The van der Waals surface area contributed by atoms with Crippen molar-refractivity contribution in [3.05, 3.63) is 12.7 Å². The van der Waals surface area contributed by atoms with E-state index in [-0.39, 0.29) is 0 Å². The molecule has 7 heteroatoms. The monoisotopic (exact) mass is 224 g/mol. The Kier molecular flexibility index (Phi) is 4.48. The van der Waals surface area contributed by atoms with Crippen molar-refractivity contribution in [2.45, 2.75) is 19.4 Å². The van der Waals surface area contributed by atoms with Gasteiger partial charge in [0.25, 0.3) is 0 Å². The number of carbonyl (C=O) groups excluding carboxylic acids is 1. The lowest BCUT2D eigenvalue weighted by Crippen LogP contribution is -2.32. The standard InChI is InChI=1S/C7H13O6P/c1-4-6(8)13-7(2,3)5-12-14(9,10)11/h4H,1,5H2,2-3H3,(H2,9,10,11). The third-order valence-electron chi connectivity index (χ3n) is 1.12. The molecule has 0 radical (unpaired) electrons. The average molecular weight is 224 g/mol. The van der Waals surface area contributed by atoms with Crippen LogP contribution < -0.4 is 0 Å². The minimum Gasteiger partial charge on any atom is -0.454 e. The first-order valence-corrected chi connectivity index (χ1v) is 5.25. The largest absolute Gasteiger partial charge is 0.469 e. The molecule has 0 aliphatic heterocycles. The summed E-state index contributed by atoms with van der Waals surface area (Å²) in [5.41, 5.74) is -1.10. The Morgan fingerprint density at radius 3 is 2.43 bits per heavy atom. The van der Waals surface area contributed by atoms with Crippen LogP contribution in [-0.4, -0.2) is 28.0 Å². The fourth-order valence-electron chi connectivity index (χ4n) is 0.583. The topological polar surface area (TPSA) is 93.1 Å². The Morgan fingerprint density at radius 2 is 2.07 bits per heavy atom. The van der Waals surface area contributed by atoms with Crippen molar-refractivity contribution in [2.75, 3.05) is 6.61 Å². The summed E-state index contributed by atoms with van der Waals surface area (Å²) in [7, 11) is -4.53. The molecule has 0 saturated heterocycles. The highest BCUT2D eigenvalue weighted by atomic mass is 31.2. The van der Waals surface area contributed by atoms with Crippen LogP contribution in [0.2, 0.25) is 0 Å². The van der Waals surface area contributed by atoms with E-state index in [0.717, 1.165) is 6.08 Å². The predicted molar refractivity (Wildman–Crippen MR) is 48.4 cm³/mol. The van der Waals surface area contributed by atoms with Gasteiger partial charge in [0.05, 0.1) is 6.61 Å². The molecule has 0 unspecified atom stereocenters. The van der Waals surface area contributed by atoms with Gasteiger partial charge in [-0.1, -0.05) is 6.58 Å². The Balaban J connectivity index is 4.14. The zero-order valence-electron chi connectivity index (χ0n) is 7.97. The van der Waals surface area contributed by atoms with E-state index in [1.165, 1.54) is 13.8 Å². The number of hydrogen-bond acceptors (Lipinski definition) is 4. The molecule has 0 saturated carbocycles. The number of esters is 1. The minimum absolute atomic E-state index is 0.392. The lowest BCUT2D eigenvalue weighted by Gasteiger charge is -2.23. The zero-order valence-corrected chi connectivity index (χ0v) is 8.86. The van der Waals surface area contributed by atoms with Crippen molar-refractivity contribution >= 4 is 13.8 Å². The molecular formula is C7H13O6P. The number of phosphoric acid groups is 1. The fourth-order valence-corrected chi connectivity index (χ4v) is 1.06. The Labute approximate surface area is 81.8 Å². The maximum atomic E-state index is 10.8. The molecule has 14 heavy (non-hydrogen) atoms. The van der Waals surface area contributed by atoms with Crippen LogP contribution in [0.3, 0.4) is 0 Å². The molecule has 0 fully saturated rings. The van der Waals surface area contributed by atoms with Gasteiger partial charge in [0.1, 0.15) is 5.60 Å². The van der Waals surface area contributed by atoms with Crippen molar-refractivity contribution < 1.29 is 28.4 Å². The molecule has 2 N–H and O–H groups in total. The average Bonchev–Trinajstić information content (AvgIpc) is 1.99. The molecule has 0 aromatic heterocycles. The molecule has 0 bridgehead atoms. The van der Waals surface area contributed by atoms with E-state index >= 15 is 0 Å². The van der Waals surface area contributed by atoms with E-state index in [1.807, 2.05) is 0 Å². The first-order valence-electron chi connectivity index (χ1n) is 3.72. The van der Waals surface area contributed by atoms with Gasteiger partial charge in [-0.3, -0.25) is 4.52 Å². The van der Waals surface area contributed by atoms with Gasteiger partial charge in [0, 0.05) is 6.08 Å². The van der Waals surface area contributed by atoms with E-state index in [1.54, 1.807) is 0 Å². The molecular weight excluding hydrogens is 211 g/mol. The second kappa shape index (κ2) is 4.70. The Morgan fingerprint density at radius 1 is 1.57 bits per heavy atom. The number of hydrogen-bond donors (Lipinski definition) is 2. The summed E-state index contributed by atoms with van der Waals surface area (Å²) in [6, 6.07) is 0. The van der Waals surface area contributed by atoms with Crippen molar-refractivity contribution in [3.63, 3.8) is 0 Å². The molecule has 0 aromatic rings. The number of phosphoric ester groups is 1. The third kappa shape index (κ3) is 6.80. The molecule has 0 rings (SSSR count). The SMILES string of the molecule is C=CC(=O)OC(C)(C)COP(=O)(O)O. The van der Waals surface area contributed by atoms with E-state index in [4.69, 9.17) is 14.5 Å². The van der Waals surface area contributed by atoms with E-state index in [2.05, 4.69) is 11.1 Å². The maximum Gasteiger partial charge on any atom is 0.469 e. The summed E-state index contributed by atoms with van der Waals surface area (Å²) in [4.78, 5) is 27.6. The molecule has 0 aromatic carbocycles. The van der Waals surface area contributed by atoms with Crippen molar-refractivity contribution in [1.82, 2.24) is 0 Å². The second-order valence-corrected chi connectivity index (χ2v) is 4.39. The van der Waals surface area contributed by atoms with Crippen LogP contribution in [0.4, 0.5) is 0 Å². The molecule has 82 valence electrons. The van der Waals surface area contributed by atoms with Gasteiger partial charge in [0.15, 0.2) is 0 Å². The van der Waals surface area contributed by atoms with Crippen LogP contribution in [0.5, 0.6) is 0 Å². The van der Waals surface area contributed by atoms with Gasteiger partial charge in [-0.25, -0.2) is 9.36 Å². The lowest BCUT2D eigenvalue weighted by molar-refractivity contribution is -0.153. The van der Waals surface area contributed by atoms with Gasteiger partial charge in [-0.15, -0.1) is 0 Å². The predicted octanol–water partition coefficient (Wildman–Crippen LogP) is 0.603. The Hall–Kier alpha value is -0.680. The molecule has 0 aliphatic rings. The van der Waals surface area contributed by atoms with Crippen molar-refractivity contribution in [1.29, 1.82) is 0 Å². The number of carbonyl (C=O) groups is 1. The summed E-state index contributed by atoms with van der Waals surface area (Å²) in [6.07, 6.45) is 0.958. The van der Waals surface area contributed by atoms with Crippen LogP contribution >= 0.6 is 7.82 Å². The Bertz CT molecular complexity index is 265. The van der Waals surface area contributed by atoms with Crippen LogP contribution in [0.15, 0.2) is 12.7 Å². The number of ether oxygens (including phenoxy) is 1. The third-order valence-corrected chi connectivity index (χ3v) is 1.59. The van der Waals surface area contributed by atoms with Crippen molar-refractivity contribution in [2.24, 2.45) is 0 Å². The van der Waals surface area contributed by atoms with Gasteiger partial charge >= 0.3 is 13.8 Å². The van der Waals surface area contributed by atoms with Gasteiger partial charge in [-0.05, 0) is 13.8 Å². The zero-order chi connectivity index (χ0) is 11.4. The molecule has 0 amide bonds. The fraction of sp³-hybridized carbons (Fsp3) is 0.571. The first-order chi connectivity index (χ1) is 6.16. The van der Waals surface area contributed by atoms with Crippen LogP contribution in [0.1, 0.15) is 13.8 Å². The lowest BCUT2D eigenvalue weighted by atomic mass is 10.1. The van der Waals surface area contributed by atoms with Gasteiger partial charge in [-0.2, -0.15) is 0 Å². The van der Waals surface area contributed by atoms with Crippen molar-refractivity contribution in [3.8, 4) is 0 Å². The van der Waals surface area contributed by atoms with Gasteiger partial charge in [0.2, 0.25) is 0 Å². The summed E-state index contributed by atoms with van der Waals surface area (Å²) < 4.78 is 19.3. The maximum absolute atomic E-state index is 10.8. The van der Waals surface area contributed by atoms with Gasteiger partial charge < -0.3 is 14.5 Å². The van der Waals surface area contributed by atoms with Crippen LogP contribution in [-0.2, 0) is 18.6 Å². The second-order valence-electron chi connectivity index (χ2n) is 3.15. The quantitative estimate of drug-likeness (QED) is 0.403. The molecule has 0 aliphatic carbocycles. The highest BCUT2D eigenvalue weighted by Gasteiger charge is 2.26. The first kappa shape index (κ1) is 13.3. The van der Waals surface area contributed by atoms with E-state index in [9.17, 15) is 9.36 Å². The minimum atomic E-state index is -4.53. The summed E-state index contributed by atoms with van der Waals surface area (Å²) in [6.45, 7) is 5.72. The molecule has 0 heterocycles. The molecule has 0 atom stereocenters. The summed E-state index contributed by atoms with van der Waals surface area (Å²) >= 11 is 0. The smallest absolute Gasteiger partial charge is 0.454 e. The summed E-state index contributed by atoms with van der Waals surface area (Å²) in [5.74, 6) is -0.677. The van der Waals surface area contributed by atoms with E-state index < -0.39 is 26.0 Å². The van der Waals surface area contributed by atoms with E-state index in [0.29, 0.717) is 0 Å². The van der Waals surface area contributed by atoms with Crippen LogP contribution in [0, 0.1) is 0 Å². The van der Waals surface area contributed by atoms with Crippen LogP contribution in [0.25, 0.3) is 0 Å². The highest BCUT2D eigenvalue weighted by Crippen LogP contribution is 2.37. The molecule has 0 spiro atoms. The highest BCUT2D eigenvalue weighted by molar-refractivity contribution is 7.46. The number of rotatable bonds is 5. The summed E-state index contributed by atoms with van der Waals surface area (Å²) in [5, 5.41) is 0.